The van der Waals surface area contributed by atoms with Gasteiger partial charge in [-0.3, -0.25) is 4.79 Å². The highest BCUT2D eigenvalue weighted by molar-refractivity contribution is 5.77. The van der Waals surface area contributed by atoms with Crippen LogP contribution in [0.5, 0.6) is 0 Å². The zero-order valence-corrected chi connectivity index (χ0v) is 8.98. The molecule has 0 heterocycles. The predicted molar refractivity (Wildman–Crippen MR) is 54.2 cm³/mol. The summed E-state index contributed by atoms with van der Waals surface area (Å²) in [5, 5.41) is 2.82. The molecule has 0 saturated carbocycles. The summed E-state index contributed by atoms with van der Waals surface area (Å²) in [4.78, 5) is 11.4. The van der Waals surface area contributed by atoms with E-state index in [-0.39, 0.29) is 11.4 Å². The van der Waals surface area contributed by atoms with Crippen LogP contribution in [0.1, 0.15) is 34.1 Å². The fourth-order valence-electron chi connectivity index (χ4n) is 0.886. The Hall–Kier alpha value is -0.610. The second kappa shape index (κ2) is 4.07. The molecule has 13 heavy (non-hydrogen) atoms. The minimum atomic E-state index is -0.464. The van der Waals surface area contributed by atoms with E-state index in [1.54, 1.807) is 0 Å². The van der Waals surface area contributed by atoms with Gasteiger partial charge < -0.3 is 16.8 Å². The number of nitrogens with one attached hydrogen (secondary N) is 1. The van der Waals surface area contributed by atoms with Gasteiger partial charge in [-0.25, -0.2) is 0 Å². The summed E-state index contributed by atoms with van der Waals surface area (Å²) >= 11 is 0. The number of hydrogen-bond acceptors (Lipinski definition) is 3. The third-order valence-electron chi connectivity index (χ3n) is 1.60. The average molecular weight is 187 g/mol. The Kier molecular flexibility index (Phi) is 3.88. The van der Waals surface area contributed by atoms with Gasteiger partial charge in [-0.2, -0.15) is 0 Å². The minimum absolute atomic E-state index is 0.0528. The van der Waals surface area contributed by atoms with Gasteiger partial charge in [0.05, 0.1) is 0 Å². The van der Waals surface area contributed by atoms with Crippen LogP contribution in [0.4, 0.5) is 0 Å². The molecule has 5 N–H and O–H groups in total. The Morgan fingerprint density at radius 1 is 1.31 bits per heavy atom. The maximum atomic E-state index is 11.4. The fraction of sp³-hybridized carbons (Fsp3) is 0.889. The number of carbonyl (C=O) groups excluding carboxylic acids is 1. The van der Waals surface area contributed by atoms with Crippen LogP contribution >= 0.6 is 0 Å². The molecule has 0 atom stereocenters. The van der Waals surface area contributed by atoms with Gasteiger partial charge in [0.1, 0.15) is 0 Å². The molecule has 0 bridgehead atoms. The first kappa shape index (κ1) is 12.4. The number of amides is 1. The van der Waals surface area contributed by atoms with E-state index in [2.05, 4.69) is 5.32 Å². The topological polar surface area (TPSA) is 81.1 Å². The molecule has 4 heteroatoms. The lowest BCUT2D eigenvalue weighted by Crippen LogP contribution is -2.51. The molecule has 0 aromatic carbocycles. The number of nitrogens with two attached hydrogens (primary N) is 2. The third-order valence-corrected chi connectivity index (χ3v) is 1.60. The van der Waals surface area contributed by atoms with Crippen molar-refractivity contribution >= 4 is 5.91 Å². The Labute approximate surface area is 80.0 Å². The molecule has 0 spiro atoms. The second-order valence-electron chi connectivity index (χ2n) is 4.80. The molecule has 1 amide bonds. The highest BCUT2D eigenvalue weighted by Crippen LogP contribution is 2.05. The maximum Gasteiger partial charge on any atom is 0.222 e. The molecule has 4 nitrogen and oxygen atoms in total. The van der Waals surface area contributed by atoms with E-state index in [4.69, 9.17) is 11.5 Å². The normalized spacial score (nSPS) is 12.8. The lowest BCUT2D eigenvalue weighted by molar-refractivity contribution is -0.123. The molecule has 0 fully saturated rings. The number of rotatable bonds is 4. The van der Waals surface area contributed by atoms with Crippen LogP contribution in [-0.2, 0) is 4.79 Å². The SMILES string of the molecule is CC(C)(N)CC(=O)NC(C)(C)CN. The molecule has 78 valence electrons. The summed E-state index contributed by atoms with van der Waals surface area (Å²) in [6, 6.07) is 0. The van der Waals surface area contributed by atoms with Crippen LogP contribution in [0.2, 0.25) is 0 Å². The Bertz CT molecular complexity index is 182. The van der Waals surface area contributed by atoms with Gasteiger partial charge in [0.2, 0.25) is 5.91 Å². The monoisotopic (exact) mass is 187 g/mol. The Morgan fingerprint density at radius 3 is 2.08 bits per heavy atom. The predicted octanol–water partition coefficient (Wildman–Crippen LogP) is -0.0327. The molecular formula is C9H21N3O. The van der Waals surface area contributed by atoms with Crippen LogP contribution in [-0.4, -0.2) is 23.5 Å². The van der Waals surface area contributed by atoms with E-state index in [9.17, 15) is 4.79 Å². The van der Waals surface area contributed by atoms with Crippen LogP contribution < -0.4 is 16.8 Å². The zero-order valence-electron chi connectivity index (χ0n) is 8.98. The van der Waals surface area contributed by atoms with Crippen molar-refractivity contribution in [3.8, 4) is 0 Å². The van der Waals surface area contributed by atoms with Crippen LogP contribution in [0.25, 0.3) is 0 Å². The first-order chi connectivity index (χ1) is 5.66. The quantitative estimate of drug-likeness (QED) is 0.578. The largest absolute Gasteiger partial charge is 0.350 e. The lowest BCUT2D eigenvalue weighted by Gasteiger charge is -2.26. The van der Waals surface area contributed by atoms with Gasteiger partial charge in [-0.15, -0.1) is 0 Å². The van der Waals surface area contributed by atoms with Gasteiger partial charge >= 0.3 is 0 Å². The molecule has 0 rings (SSSR count). The summed E-state index contributed by atoms with van der Waals surface area (Å²) < 4.78 is 0. The molecule has 0 radical (unpaired) electrons. The summed E-state index contributed by atoms with van der Waals surface area (Å²) in [5.74, 6) is -0.0528. The van der Waals surface area contributed by atoms with Crippen molar-refractivity contribution in [1.82, 2.24) is 5.32 Å². The van der Waals surface area contributed by atoms with E-state index in [1.807, 2.05) is 27.7 Å². The van der Waals surface area contributed by atoms with Crippen molar-refractivity contribution in [2.24, 2.45) is 11.5 Å². The van der Waals surface area contributed by atoms with E-state index in [0.717, 1.165) is 0 Å². The lowest BCUT2D eigenvalue weighted by atomic mass is 10.00. The van der Waals surface area contributed by atoms with E-state index in [0.29, 0.717) is 13.0 Å². The first-order valence-corrected chi connectivity index (χ1v) is 4.46. The summed E-state index contributed by atoms with van der Waals surface area (Å²) in [6.07, 6.45) is 0.316. The minimum Gasteiger partial charge on any atom is -0.350 e. The molecule has 0 aliphatic rings. The van der Waals surface area contributed by atoms with Crippen molar-refractivity contribution in [3.63, 3.8) is 0 Å². The van der Waals surface area contributed by atoms with Crippen LogP contribution in [0, 0.1) is 0 Å². The third kappa shape index (κ3) is 6.54. The number of hydrogen-bond donors (Lipinski definition) is 3. The molecule has 0 unspecified atom stereocenters. The molecule has 0 saturated heterocycles. The summed E-state index contributed by atoms with van der Waals surface area (Å²) in [5.41, 5.74) is 10.4. The van der Waals surface area contributed by atoms with Crippen molar-refractivity contribution in [2.75, 3.05) is 6.54 Å². The van der Waals surface area contributed by atoms with Gasteiger partial charge in [0, 0.05) is 24.0 Å². The maximum absolute atomic E-state index is 11.4. The highest BCUT2D eigenvalue weighted by Gasteiger charge is 2.22. The number of carbonyl (C=O) groups is 1. The molecule has 0 aromatic rings. The smallest absolute Gasteiger partial charge is 0.222 e. The Morgan fingerprint density at radius 2 is 1.77 bits per heavy atom. The van der Waals surface area contributed by atoms with Gasteiger partial charge in [-0.1, -0.05) is 0 Å². The highest BCUT2D eigenvalue weighted by atomic mass is 16.1. The van der Waals surface area contributed by atoms with Crippen molar-refractivity contribution < 1.29 is 4.79 Å². The van der Waals surface area contributed by atoms with Gasteiger partial charge in [0.15, 0.2) is 0 Å². The standard InChI is InChI=1S/C9H21N3O/c1-8(2,11)5-7(13)12-9(3,4)6-10/h5-6,10-11H2,1-4H3,(H,12,13). The van der Waals surface area contributed by atoms with Crippen LogP contribution in [0.15, 0.2) is 0 Å². The molecule has 0 aromatic heterocycles. The zero-order chi connectivity index (χ0) is 10.7. The van der Waals surface area contributed by atoms with Crippen molar-refractivity contribution in [1.29, 1.82) is 0 Å². The summed E-state index contributed by atoms with van der Waals surface area (Å²) in [7, 11) is 0. The van der Waals surface area contributed by atoms with Crippen LogP contribution in [0.3, 0.4) is 0 Å². The van der Waals surface area contributed by atoms with E-state index < -0.39 is 5.54 Å². The molecular weight excluding hydrogens is 166 g/mol. The average Bonchev–Trinajstić information content (AvgIpc) is 1.81. The van der Waals surface area contributed by atoms with Crippen molar-refractivity contribution in [3.05, 3.63) is 0 Å². The summed E-state index contributed by atoms with van der Waals surface area (Å²) in [6.45, 7) is 7.83. The van der Waals surface area contributed by atoms with Gasteiger partial charge in [0.25, 0.3) is 0 Å². The van der Waals surface area contributed by atoms with E-state index >= 15 is 0 Å². The second-order valence-corrected chi connectivity index (χ2v) is 4.80. The Balaban J connectivity index is 4.03. The van der Waals surface area contributed by atoms with Crippen molar-refractivity contribution in [2.45, 2.75) is 45.2 Å². The van der Waals surface area contributed by atoms with Gasteiger partial charge in [-0.05, 0) is 27.7 Å². The molecule has 0 aliphatic heterocycles. The van der Waals surface area contributed by atoms with E-state index in [1.165, 1.54) is 0 Å². The fourth-order valence-corrected chi connectivity index (χ4v) is 0.886. The first-order valence-electron chi connectivity index (χ1n) is 4.46. The molecule has 0 aliphatic carbocycles.